The number of benzene rings is 2. The van der Waals surface area contributed by atoms with Gasteiger partial charge in [0.25, 0.3) is 0 Å². The molecule has 2 aromatic rings. The summed E-state index contributed by atoms with van der Waals surface area (Å²) in [6.45, 7) is 4.38. The molecule has 0 saturated carbocycles. The molecule has 0 aliphatic heterocycles. The molecular weight excluding hydrogens is 257 g/mol. The molecular formula is C16H18FNO2. The molecule has 0 aliphatic rings. The zero-order valence-electron chi connectivity index (χ0n) is 11.7. The third-order valence-corrected chi connectivity index (χ3v) is 2.74. The fourth-order valence-electron chi connectivity index (χ4n) is 1.77. The minimum atomic E-state index is -0.479. The highest BCUT2D eigenvalue weighted by Crippen LogP contribution is 2.33. The van der Waals surface area contributed by atoms with Gasteiger partial charge in [-0.1, -0.05) is 19.1 Å². The highest BCUT2D eigenvalue weighted by Gasteiger charge is 2.11. The zero-order chi connectivity index (χ0) is 14.5. The van der Waals surface area contributed by atoms with Gasteiger partial charge < -0.3 is 15.2 Å². The molecule has 0 spiro atoms. The minimum absolute atomic E-state index is 0.156. The van der Waals surface area contributed by atoms with E-state index in [1.54, 1.807) is 0 Å². The van der Waals surface area contributed by atoms with E-state index >= 15 is 0 Å². The Kier molecular flexibility index (Phi) is 4.45. The van der Waals surface area contributed by atoms with Crippen LogP contribution in [-0.4, -0.2) is 6.61 Å². The number of hydrogen-bond donors (Lipinski definition) is 1. The standard InChI is InChI=1S/C16H18FNO2/c1-3-7-19-15-10-16(14(18)9-13(15)17)20-12-6-4-5-11(2)8-12/h4-6,8-10H,3,7,18H2,1-2H3. The van der Waals surface area contributed by atoms with E-state index in [4.69, 9.17) is 15.2 Å². The molecule has 0 aromatic heterocycles. The molecule has 0 atom stereocenters. The fourth-order valence-corrected chi connectivity index (χ4v) is 1.77. The summed E-state index contributed by atoms with van der Waals surface area (Å²) in [4.78, 5) is 0. The largest absolute Gasteiger partial charge is 0.490 e. The molecule has 4 heteroatoms. The minimum Gasteiger partial charge on any atom is -0.490 e. The summed E-state index contributed by atoms with van der Waals surface area (Å²) >= 11 is 0. The summed E-state index contributed by atoms with van der Waals surface area (Å²) in [7, 11) is 0. The summed E-state index contributed by atoms with van der Waals surface area (Å²) in [5.74, 6) is 0.726. The van der Waals surface area contributed by atoms with E-state index in [0.29, 0.717) is 18.1 Å². The van der Waals surface area contributed by atoms with Gasteiger partial charge in [0.1, 0.15) is 5.75 Å². The number of ether oxygens (including phenoxy) is 2. The summed E-state index contributed by atoms with van der Waals surface area (Å²) in [5, 5.41) is 0. The maximum atomic E-state index is 13.7. The third-order valence-electron chi connectivity index (χ3n) is 2.74. The van der Waals surface area contributed by atoms with Crippen LogP contribution in [0.4, 0.5) is 10.1 Å². The lowest BCUT2D eigenvalue weighted by molar-refractivity contribution is 0.300. The first kappa shape index (κ1) is 14.2. The van der Waals surface area contributed by atoms with Gasteiger partial charge >= 0.3 is 0 Å². The van der Waals surface area contributed by atoms with E-state index in [1.807, 2.05) is 38.1 Å². The van der Waals surface area contributed by atoms with Gasteiger partial charge in [-0.05, 0) is 31.0 Å². The number of nitrogens with two attached hydrogens (primary N) is 1. The van der Waals surface area contributed by atoms with Crippen LogP contribution in [0, 0.1) is 12.7 Å². The van der Waals surface area contributed by atoms with Gasteiger partial charge in [-0.2, -0.15) is 0 Å². The lowest BCUT2D eigenvalue weighted by atomic mass is 10.2. The van der Waals surface area contributed by atoms with Gasteiger partial charge in [-0.15, -0.1) is 0 Å². The first-order valence-electron chi connectivity index (χ1n) is 6.56. The Morgan fingerprint density at radius 1 is 1.15 bits per heavy atom. The number of nitrogen functional groups attached to an aromatic ring is 1. The molecule has 0 heterocycles. The van der Waals surface area contributed by atoms with Crippen molar-refractivity contribution in [2.45, 2.75) is 20.3 Å². The van der Waals surface area contributed by atoms with Crippen molar-refractivity contribution < 1.29 is 13.9 Å². The molecule has 0 amide bonds. The Bertz CT molecular complexity index is 599. The maximum Gasteiger partial charge on any atom is 0.167 e. The summed E-state index contributed by atoms with van der Waals surface area (Å²) in [5.41, 5.74) is 7.10. The van der Waals surface area contributed by atoms with Crippen molar-refractivity contribution in [3.63, 3.8) is 0 Å². The SMILES string of the molecule is CCCOc1cc(Oc2cccc(C)c2)c(N)cc1F. The van der Waals surface area contributed by atoms with Crippen molar-refractivity contribution >= 4 is 5.69 Å². The quantitative estimate of drug-likeness (QED) is 0.827. The highest BCUT2D eigenvalue weighted by atomic mass is 19.1. The van der Waals surface area contributed by atoms with Crippen LogP contribution in [-0.2, 0) is 0 Å². The topological polar surface area (TPSA) is 44.5 Å². The molecule has 3 nitrogen and oxygen atoms in total. The van der Waals surface area contributed by atoms with Crippen LogP contribution in [0.5, 0.6) is 17.2 Å². The van der Waals surface area contributed by atoms with Crippen molar-refractivity contribution in [2.24, 2.45) is 0 Å². The van der Waals surface area contributed by atoms with E-state index in [0.717, 1.165) is 12.0 Å². The van der Waals surface area contributed by atoms with E-state index in [9.17, 15) is 4.39 Å². The lowest BCUT2D eigenvalue weighted by Gasteiger charge is -2.12. The molecule has 2 N–H and O–H groups in total. The number of halogens is 1. The monoisotopic (exact) mass is 275 g/mol. The number of anilines is 1. The summed E-state index contributed by atoms with van der Waals surface area (Å²) < 4.78 is 24.7. The second-order valence-electron chi connectivity index (χ2n) is 4.59. The van der Waals surface area contributed by atoms with Gasteiger partial charge in [-0.25, -0.2) is 4.39 Å². The lowest BCUT2D eigenvalue weighted by Crippen LogP contribution is -2.00. The number of hydrogen-bond acceptors (Lipinski definition) is 3. The van der Waals surface area contributed by atoms with Crippen molar-refractivity contribution in [3.8, 4) is 17.2 Å². The van der Waals surface area contributed by atoms with Gasteiger partial charge in [0.05, 0.1) is 12.3 Å². The van der Waals surface area contributed by atoms with Crippen LogP contribution < -0.4 is 15.2 Å². The fraction of sp³-hybridized carbons (Fsp3) is 0.250. The molecule has 2 aromatic carbocycles. The molecule has 0 bridgehead atoms. The maximum absolute atomic E-state index is 13.7. The summed E-state index contributed by atoms with van der Waals surface area (Å²) in [6.07, 6.45) is 0.803. The average molecular weight is 275 g/mol. The molecule has 0 saturated heterocycles. The van der Waals surface area contributed by atoms with Crippen LogP contribution in [0.2, 0.25) is 0 Å². The summed E-state index contributed by atoms with van der Waals surface area (Å²) in [6, 6.07) is 10.3. The van der Waals surface area contributed by atoms with Crippen LogP contribution in [0.1, 0.15) is 18.9 Å². The Labute approximate surface area is 118 Å². The smallest absolute Gasteiger partial charge is 0.167 e. The predicted molar refractivity (Wildman–Crippen MR) is 77.9 cm³/mol. The molecule has 20 heavy (non-hydrogen) atoms. The molecule has 106 valence electrons. The van der Waals surface area contributed by atoms with Gasteiger partial charge in [-0.3, -0.25) is 0 Å². The van der Waals surface area contributed by atoms with E-state index in [1.165, 1.54) is 12.1 Å². The van der Waals surface area contributed by atoms with Gasteiger partial charge in [0, 0.05) is 12.1 Å². The van der Waals surface area contributed by atoms with Crippen molar-refractivity contribution in [3.05, 3.63) is 47.8 Å². The normalized spacial score (nSPS) is 10.3. The Balaban J connectivity index is 2.26. The zero-order valence-corrected chi connectivity index (χ0v) is 11.7. The van der Waals surface area contributed by atoms with Crippen molar-refractivity contribution in [1.82, 2.24) is 0 Å². The second kappa shape index (κ2) is 6.28. The Hall–Kier alpha value is -2.23. The van der Waals surface area contributed by atoms with Crippen molar-refractivity contribution in [1.29, 1.82) is 0 Å². The average Bonchev–Trinajstić information content (AvgIpc) is 2.40. The predicted octanol–water partition coefficient (Wildman–Crippen LogP) is 4.30. The van der Waals surface area contributed by atoms with Gasteiger partial charge in [0.15, 0.2) is 17.3 Å². The third kappa shape index (κ3) is 3.41. The molecule has 0 fully saturated rings. The first-order valence-corrected chi connectivity index (χ1v) is 6.56. The Morgan fingerprint density at radius 3 is 2.65 bits per heavy atom. The number of aryl methyl sites for hydroxylation is 1. The van der Waals surface area contributed by atoms with Crippen LogP contribution in [0.15, 0.2) is 36.4 Å². The van der Waals surface area contributed by atoms with E-state index in [-0.39, 0.29) is 11.4 Å². The molecule has 2 rings (SSSR count). The molecule has 0 aliphatic carbocycles. The second-order valence-corrected chi connectivity index (χ2v) is 4.59. The van der Waals surface area contributed by atoms with Crippen LogP contribution in [0.25, 0.3) is 0 Å². The van der Waals surface area contributed by atoms with Crippen molar-refractivity contribution in [2.75, 3.05) is 12.3 Å². The first-order chi connectivity index (χ1) is 9.60. The van der Waals surface area contributed by atoms with E-state index in [2.05, 4.69) is 0 Å². The van der Waals surface area contributed by atoms with Gasteiger partial charge in [0.2, 0.25) is 0 Å². The Morgan fingerprint density at radius 2 is 1.95 bits per heavy atom. The van der Waals surface area contributed by atoms with E-state index < -0.39 is 5.82 Å². The highest BCUT2D eigenvalue weighted by molar-refractivity contribution is 5.57. The molecule has 0 unspecified atom stereocenters. The number of rotatable bonds is 5. The van der Waals surface area contributed by atoms with Crippen LogP contribution in [0.3, 0.4) is 0 Å². The van der Waals surface area contributed by atoms with Crippen LogP contribution >= 0.6 is 0 Å². The molecule has 0 radical (unpaired) electrons.